The SMILES string of the molecule is S=C1NC(c2ccccn2)C(c2ccc(-c3ccccc3)o2)N1Cc1cccnc1. The van der Waals surface area contributed by atoms with Gasteiger partial charge in [-0.3, -0.25) is 9.97 Å². The Morgan fingerprint density at radius 3 is 2.57 bits per heavy atom. The van der Waals surface area contributed by atoms with Gasteiger partial charge in [-0.1, -0.05) is 42.5 Å². The average Bonchev–Trinajstić information content (AvgIpc) is 3.41. The number of pyridine rings is 2. The van der Waals surface area contributed by atoms with Gasteiger partial charge < -0.3 is 14.6 Å². The van der Waals surface area contributed by atoms with Gasteiger partial charge >= 0.3 is 0 Å². The molecule has 6 heteroatoms. The van der Waals surface area contributed by atoms with Crippen LogP contribution in [0.5, 0.6) is 0 Å². The van der Waals surface area contributed by atoms with Gasteiger partial charge in [0, 0.05) is 30.7 Å². The Kier molecular flexibility index (Phi) is 4.99. The van der Waals surface area contributed by atoms with Crippen molar-refractivity contribution in [2.24, 2.45) is 0 Å². The minimum absolute atomic E-state index is 0.106. The van der Waals surface area contributed by atoms with Crippen molar-refractivity contribution in [2.45, 2.75) is 18.6 Å². The van der Waals surface area contributed by atoms with E-state index >= 15 is 0 Å². The number of nitrogens with zero attached hydrogens (tertiary/aromatic N) is 3. The molecule has 5 rings (SSSR count). The number of benzene rings is 1. The molecule has 30 heavy (non-hydrogen) atoms. The van der Waals surface area contributed by atoms with Crippen molar-refractivity contribution in [3.05, 3.63) is 108 Å². The maximum absolute atomic E-state index is 6.34. The third-order valence-corrected chi connectivity index (χ3v) is 5.60. The first-order valence-corrected chi connectivity index (χ1v) is 10.2. The highest BCUT2D eigenvalue weighted by atomic mass is 32.1. The third kappa shape index (κ3) is 3.57. The van der Waals surface area contributed by atoms with Gasteiger partial charge in [-0.2, -0.15) is 0 Å². The molecule has 5 nitrogen and oxygen atoms in total. The van der Waals surface area contributed by atoms with Crippen LogP contribution in [0.3, 0.4) is 0 Å². The Morgan fingerprint density at radius 2 is 1.80 bits per heavy atom. The van der Waals surface area contributed by atoms with Gasteiger partial charge in [0.2, 0.25) is 0 Å². The molecule has 2 atom stereocenters. The van der Waals surface area contributed by atoms with Crippen LogP contribution in [0.2, 0.25) is 0 Å². The molecule has 2 unspecified atom stereocenters. The zero-order valence-corrected chi connectivity index (χ0v) is 17.0. The van der Waals surface area contributed by atoms with E-state index in [1.807, 2.05) is 72.9 Å². The predicted octanol–water partition coefficient (Wildman–Crippen LogP) is 4.91. The summed E-state index contributed by atoms with van der Waals surface area (Å²) >= 11 is 5.72. The van der Waals surface area contributed by atoms with Gasteiger partial charge in [0.15, 0.2) is 5.11 Å². The molecule has 1 fully saturated rings. The minimum Gasteiger partial charge on any atom is -0.459 e. The van der Waals surface area contributed by atoms with Crippen LogP contribution in [-0.4, -0.2) is 20.0 Å². The number of furan rings is 1. The quantitative estimate of drug-likeness (QED) is 0.470. The predicted molar refractivity (Wildman–Crippen MR) is 119 cm³/mol. The van der Waals surface area contributed by atoms with Gasteiger partial charge in [-0.25, -0.2) is 0 Å². The Bertz CT molecular complexity index is 1130. The number of aromatic nitrogens is 2. The molecule has 0 amide bonds. The van der Waals surface area contributed by atoms with E-state index in [0.29, 0.717) is 11.7 Å². The summed E-state index contributed by atoms with van der Waals surface area (Å²) in [4.78, 5) is 11.0. The summed E-state index contributed by atoms with van der Waals surface area (Å²) in [6.45, 7) is 0.634. The van der Waals surface area contributed by atoms with Crippen molar-refractivity contribution in [3.63, 3.8) is 0 Å². The molecule has 3 aromatic heterocycles. The lowest BCUT2D eigenvalue weighted by atomic mass is 10.0. The van der Waals surface area contributed by atoms with Gasteiger partial charge in [-0.15, -0.1) is 0 Å². The first-order chi connectivity index (χ1) is 14.8. The second kappa shape index (κ2) is 8.08. The summed E-state index contributed by atoms with van der Waals surface area (Å²) in [6, 6.07) is 23.9. The molecule has 148 valence electrons. The Balaban J connectivity index is 1.54. The third-order valence-electron chi connectivity index (χ3n) is 5.25. The smallest absolute Gasteiger partial charge is 0.170 e. The van der Waals surface area contributed by atoms with Crippen LogP contribution in [0, 0.1) is 0 Å². The van der Waals surface area contributed by atoms with Gasteiger partial charge in [0.1, 0.15) is 17.6 Å². The van der Waals surface area contributed by atoms with E-state index in [9.17, 15) is 0 Å². The second-order valence-electron chi connectivity index (χ2n) is 7.18. The first kappa shape index (κ1) is 18.5. The summed E-state index contributed by atoms with van der Waals surface area (Å²) in [5.74, 6) is 1.69. The Morgan fingerprint density at radius 1 is 0.933 bits per heavy atom. The summed E-state index contributed by atoms with van der Waals surface area (Å²) < 4.78 is 6.34. The van der Waals surface area contributed by atoms with Crippen LogP contribution >= 0.6 is 12.2 Å². The summed E-state index contributed by atoms with van der Waals surface area (Å²) in [7, 11) is 0. The molecule has 0 spiro atoms. The van der Waals surface area contributed by atoms with E-state index in [0.717, 1.165) is 28.3 Å². The van der Waals surface area contributed by atoms with Crippen LogP contribution in [0.1, 0.15) is 29.1 Å². The largest absolute Gasteiger partial charge is 0.459 e. The summed E-state index contributed by atoms with van der Waals surface area (Å²) in [6.07, 6.45) is 5.45. The molecule has 1 aliphatic rings. The lowest BCUT2D eigenvalue weighted by Gasteiger charge is -2.26. The van der Waals surface area contributed by atoms with E-state index in [1.54, 1.807) is 12.4 Å². The van der Waals surface area contributed by atoms with Crippen molar-refractivity contribution in [1.82, 2.24) is 20.2 Å². The van der Waals surface area contributed by atoms with E-state index < -0.39 is 0 Å². The van der Waals surface area contributed by atoms with Crippen molar-refractivity contribution >= 4 is 17.3 Å². The van der Waals surface area contributed by atoms with Crippen molar-refractivity contribution in [2.75, 3.05) is 0 Å². The van der Waals surface area contributed by atoms with Gasteiger partial charge in [-0.05, 0) is 48.1 Å². The van der Waals surface area contributed by atoms with Crippen LogP contribution in [0.25, 0.3) is 11.3 Å². The highest BCUT2D eigenvalue weighted by molar-refractivity contribution is 7.80. The van der Waals surface area contributed by atoms with Crippen LogP contribution in [-0.2, 0) is 6.54 Å². The summed E-state index contributed by atoms with van der Waals surface area (Å²) in [5.41, 5.74) is 3.06. The van der Waals surface area contributed by atoms with Crippen molar-refractivity contribution in [1.29, 1.82) is 0 Å². The molecule has 1 saturated heterocycles. The molecule has 1 aliphatic heterocycles. The van der Waals surface area contributed by atoms with E-state index in [2.05, 4.69) is 26.3 Å². The zero-order valence-electron chi connectivity index (χ0n) is 16.2. The van der Waals surface area contributed by atoms with Gasteiger partial charge in [0.05, 0.1) is 11.7 Å². The normalized spacial score (nSPS) is 18.4. The number of nitrogens with one attached hydrogen (secondary N) is 1. The Labute approximate surface area is 180 Å². The number of hydrogen-bond donors (Lipinski definition) is 1. The molecule has 4 aromatic rings. The second-order valence-corrected chi connectivity index (χ2v) is 7.57. The number of thiocarbonyl (C=S) groups is 1. The molecule has 0 saturated carbocycles. The molecular formula is C24H20N4OS. The maximum Gasteiger partial charge on any atom is 0.170 e. The van der Waals surface area contributed by atoms with E-state index in [1.165, 1.54) is 0 Å². The Hall–Kier alpha value is -3.51. The molecular weight excluding hydrogens is 392 g/mol. The van der Waals surface area contributed by atoms with Crippen LogP contribution in [0.15, 0.2) is 95.8 Å². The average molecular weight is 413 g/mol. The molecule has 0 bridgehead atoms. The lowest BCUT2D eigenvalue weighted by molar-refractivity contribution is 0.269. The maximum atomic E-state index is 6.34. The molecule has 1 N–H and O–H groups in total. The minimum atomic E-state index is -0.120. The fourth-order valence-corrected chi connectivity index (χ4v) is 4.15. The highest BCUT2D eigenvalue weighted by Crippen LogP contribution is 2.41. The number of hydrogen-bond acceptors (Lipinski definition) is 4. The monoisotopic (exact) mass is 412 g/mol. The molecule has 0 radical (unpaired) electrons. The van der Waals surface area contributed by atoms with E-state index in [4.69, 9.17) is 16.6 Å². The van der Waals surface area contributed by atoms with Crippen molar-refractivity contribution in [3.8, 4) is 11.3 Å². The number of rotatable bonds is 5. The lowest BCUT2D eigenvalue weighted by Crippen LogP contribution is -2.29. The van der Waals surface area contributed by atoms with Crippen molar-refractivity contribution < 1.29 is 4.42 Å². The zero-order chi connectivity index (χ0) is 20.3. The van der Waals surface area contributed by atoms with Gasteiger partial charge in [0.25, 0.3) is 0 Å². The fraction of sp³-hybridized carbons (Fsp3) is 0.125. The first-order valence-electron chi connectivity index (χ1n) is 9.82. The molecule has 0 aliphatic carbocycles. The standard InChI is InChI=1S/C24H20N4OS/c30-24-27-22(19-10-4-5-14-26-19)23(28(24)16-17-7-6-13-25-15-17)21-12-11-20(29-21)18-8-2-1-3-9-18/h1-15,22-23H,16H2,(H,27,30). The molecule has 1 aromatic carbocycles. The van der Waals surface area contributed by atoms with Crippen LogP contribution in [0.4, 0.5) is 0 Å². The summed E-state index contributed by atoms with van der Waals surface area (Å²) in [5, 5.41) is 4.13. The van der Waals surface area contributed by atoms with E-state index in [-0.39, 0.29) is 12.1 Å². The van der Waals surface area contributed by atoms with Crippen LogP contribution < -0.4 is 5.32 Å². The topological polar surface area (TPSA) is 54.2 Å². The molecule has 4 heterocycles. The highest BCUT2D eigenvalue weighted by Gasteiger charge is 2.41. The fourth-order valence-electron chi connectivity index (χ4n) is 3.84.